The van der Waals surface area contributed by atoms with Gasteiger partial charge in [-0.05, 0) is 65.6 Å². The van der Waals surface area contributed by atoms with E-state index in [1.165, 1.54) is 28.3 Å². The number of hydrogen-bond donors (Lipinski definition) is 0. The van der Waals surface area contributed by atoms with Crippen LogP contribution in [0.15, 0.2) is 85.1 Å². The molecule has 4 nitrogen and oxygen atoms in total. The molecule has 0 N–H and O–H groups in total. The standard InChI is InChI=1S/C32H27FN2O2/c33-30-18-31-20(7-6-14-34-31)17-28(30)21-15-22-8-5-9-23(16-21)35(22)32(36)37-19-29-26-12-3-1-10-24(26)25-11-2-4-13-27(25)29/h1-4,6-7,10-15,17-18,22-23,29H,5,8-9,16,19H2. The van der Waals surface area contributed by atoms with Crippen LogP contribution in [0.1, 0.15) is 48.3 Å². The number of piperidine rings is 1. The summed E-state index contributed by atoms with van der Waals surface area (Å²) in [5.74, 6) is -0.225. The number of ether oxygens (including phenoxy) is 1. The van der Waals surface area contributed by atoms with Crippen molar-refractivity contribution in [2.24, 2.45) is 0 Å². The second kappa shape index (κ2) is 8.84. The van der Waals surface area contributed by atoms with Crippen LogP contribution in [-0.2, 0) is 4.74 Å². The Balaban J connectivity index is 1.14. The number of nitrogens with zero attached hydrogens (tertiary/aromatic N) is 2. The minimum Gasteiger partial charge on any atom is -0.448 e. The van der Waals surface area contributed by atoms with Crippen molar-refractivity contribution >= 4 is 22.6 Å². The lowest BCUT2D eigenvalue weighted by Gasteiger charge is -2.44. The minimum atomic E-state index is -0.268. The third-order valence-electron chi connectivity index (χ3n) is 8.22. The van der Waals surface area contributed by atoms with Crippen molar-refractivity contribution in [3.8, 4) is 11.1 Å². The summed E-state index contributed by atoms with van der Waals surface area (Å²) in [7, 11) is 0. The highest BCUT2D eigenvalue weighted by Crippen LogP contribution is 2.45. The normalized spacial score (nSPS) is 20.4. The largest absolute Gasteiger partial charge is 0.448 e. The molecular formula is C32H27FN2O2. The molecule has 1 saturated heterocycles. The summed E-state index contributed by atoms with van der Waals surface area (Å²) in [4.78, 5) is 19.6. The van der Waals surface area contributed by atoms with Crippen molar-refractivity contribution in [2.45, 2.75) is 43.7 Å². The quantitative estimate of drug-likeness (QED) is 0.302. The Morgan fingerprint density at radius 2 is 1.70 bits per heavy atom. The summed E-state index contributed by atoms with van der Waals surface area (Å²) < 4.78 is 21.1. The Bertz CT molecular complexity index is 1520. The molecule has 5 heteroatoms. The van der Waals surface area contributed by atoms with Gasteiger partial charge in [0, 0.05) is 35.2 Å². The summed E-state index contributed by atoms with van der Waals surface area (Å²) in [6.07, 6.45) is 6.93. The first kappa shape index (κ1) is 22.2. The summed E-state index contributed by atoms with van der Waals surface area (Å²) in [5, 5.41) is 0.920. The van der Waals surface area contributed by atoms with Crippen molar-refractivity contribution in [1.29, 1.82) is 0 Å². The number of benzene rings is 3. The Labute approximate surface area is 215 Å². The molecule has 1 fully saturated rings. The zero-order valence-electron chi connectivity index (χ0n) is 20.4. The van der Waals surface area contributed by atoms with Gasteiger partial charge in [-0.25, -0.2) is 9.18 Å². The van der Waals surface area contributed by atoms with Crippen molar-refractivity contribution in [3.63, 3.8) is 0 Å². The van der Waals surface area contributed by atoms with E-state index in [-0.39, 0.29) is 29.9 Å². The van der Waals surface area contributed by atoms with E-state index >= 15 is 4.39 Å². The number of hydrogen-bond acceptors (Lipinski definition) is 3. The smallest absolute Gasteiger partial charge is 0.410 e. The average Bonchev–Trinajstić information content (AvgIpc) is 3.24. The summed E-state index contributed by atoms with van der Waals surface area (Å²) >= 11 is 0. The van der Waals surface area contributed by atoms with Gasteiger partial charge in [-0.2, -0.15) is 0 Å². The number of aromatic nitrogens is 1. The van der Waals surface area contributed by atoms with Gasteiger partial charge in [0.15, 0.2) is 0 Å². The third-order valence-corrected chi connectivity index (χ3v) is 8.22. The number of carbonyl (C=O) groups is 1. The van der Waals surface area contributed by atoms with E-state index in [9.17, 15) is 4.79 Å². The van der Waals surface area contributed by atoms with Gasteiger partial charge in [-0.15, -0.1) is 0 Å². The first-order chi connectivity index (χ1) is 18.2. The zero-order chi connectivity index (χ0) is 24.9. The molecule has 1 amide bonds. The molecule has 1 aromatic heterocycles. The van der Waals surface area contributed by atoms with Gasteiger partial charge >= 0.3 is 6.09 Å². The second-order valence-electron chi connectivity index (χ2n) is 10.3. The SMILES string of the molecule is O=C(OCC1c2ccccc2-c2ccccc21)N1C2C=C(c3cc4cccnc4cc3F)CC1CCC2. The van der Waals surface area contributed by atoms with Gasteiger partial charge < -0.3 is 4.74 Å². The van der Waals surface area contributed by atoms with Crippen molar-refractivity contribution < 1.29 is 13.9 Å². The topological polar surface area (TPSA) is 42.4 Å². The number of carbonyl (C=O) groups excluding carboxylic acids is 1. The van der Waals surface area contributed by atoms with Crippen LogP contribution in [0.4, 0.5) is 9.18 Å². The highest BCUT2D eigenvalue weighted by Gasteiger charge is 2.39. The first-order valence-electron chi connectivity index (χ1n) is 13.1. The van der Waals surface area contributed by atoms with Crippen LogP contribution in [-0.4, -0.2) is 34.7 Å². The third kappa shape index (κ3) is 3.72. The fraction of sp³-hybridized carbons (Fsp3) is 0.250. The molecule has 7 rings (SSSR count). The molecule has 37 heavy (non-hydrogen) atoms. The molecule has 184 valence electrons. The molecule has 0 saturated carbocycles. The molecule has 2 bridgehead atoms. The van der Waals surface area contributed by atoms with Crippen LogP contribution < -0.4 is 0 Å². The molecule has 3 aliphatic rings. The maximum atomic E-state index is 15.1. The molecule has 2 unspecified atom stereocenters. The van der Waals surface area contributed by atoms with E-state index in [0.717, 1.165) is 30.2 Å². The van der Waals surface area contributed by atoms with Crippen molar-refractivity contribution in [1.82, 2.24) is 9.88 Å². The van der Waals surface area contributed by atoms with Crippen LogP contribution in [0.25, 0.3) is 27.6 Å². The van der Waals surface area contributed by atoms with Crippen LogP contribution in [0.5, 0.6) is 0 Å². The molecule has 2 aliphatic heterocycles. The first-order valence-corrected chi connectivity index (χ1v) is 13.1. The lowest BCUT2D eigenvalue weighted by Crippen LogP contribution is -2.52. The highest BCUT2D eigenvalue weighted by molar-refractivity contribution is 5.85. The maximum absolute atomic E-state index is 15.1. The molecule has 1 aliphatic carbocycles. The van der Waals surface area contributed by atoms with Gasteiger partial charge in [0.25, 0.3) is 0 Å². The molecule has 0 radical (unpaired) electrons. The van der Waals surface area contributed by atoms with Crippen LogP contribution in [0.3, 0.4) is 0 Å². The van der Waals surface area contributed by atoms with Crippen LogP contribution in [0, 0.1) is 5.82 Å². The molecular weight excluding hydrogens is 463 g/mol. The molecule has 0 spiro atoms. The summed E-state index contributed by atoms with van der Waals surface area (Å²) in [6, 6.07) is 23.9. The van der Waals surface area contributed by atoms with E-state index in [2.05, 4.69) is 47.5 Å². The fourth-order valence-electron chi connectivity index (χ4n) is 6.52. The Hall–Kier alpha value is -3.99. The number of halogens is 1. The van der Waals surface area contributed by atoms with E-state index in [1.54, 1.807) is 6.20 Å². The molecule has 3 heterocycles. The Kier molecular flexibility index (Phi) is 5.31. The number of amides is 1. The summed E-state index contributed by atoms with van der Waals surface area (Å²) in [6.45, 7) is 0.311. The predicted octanol–water partition coefficient (Wildman–Crippen LogP) is 7.33. The van der Waals surface area contributed by atoms with Crippen molar-refractivity contribution in [3.05, 3.63) is 108 Å². The maximum Gasteiger partial charge on any atom is 0.410 e. The lowest BCUT2D eigenvalue weighted by molar-refractivity contribution is 0.0538. The van der Waals surface area contributed by atoms with E-state index in [4.69, 9.17) is 4.74 Å². The monoisotopic (exact) mass is 490 g/mol. The summed E-state index contributed by atoms with van der Waals surface area (Å²) in [5.41, 5.74) is 7.09. The Morgan fingerprint density at radius 3 is 2.46 bits per heavy atom. The van der Waals surface area contributed by atoms with Gasteiger partial charge in [-0.1, -0.05) is 60.7 Å². The van der Waals surface area contributed by atoms with Crippen LogP contribution in [0.2, 0.25) is 0 Å². The van der Waals surface area contributed by atoms with Gasteiger partial charge in [0.05, 0.1) is 11.6 Å². The number of fused-ring (bicyclic) bond motifs is 6. The predicted molar refractivity (Wildman–Crippen MR) is 143 cm³/mol. The number of rotatable bonds is 3. The minimum absolute atomic E-state index is 0.0124. The highest BCUT2D eigenvalue weighted by atomic mass is 19.1. The molecule has 2 atom stereocenters. The Morgan fingerprint density at radius 1 is 0.946 bits per heavy atom. The lowest BCUT2D eigenvalue weighted by atomic mass is 9.82. The molecule has 3 aromatic carbocycles. The number of pyridine rings is 1. The van der Waals surface area contributed by atoms with E-state index in [1.807, 2.05) is 35.2 Å². The van der Waals surface area contributed by atoms with Crippen LogP contribution >= 0.6 is 0 Å². The van der Waals surface area contributed by atoms with E-state index in [0.29, 0.717) is 24.1 Å². The molecule has 4 aromatic rings. The van der Waals surface area contributed by atoms with Gasteiger partial charge in [-0.3, -0.25) is 9.88 Å². The fourth-order valence-corrected chi connectivity index (χ4v) is 6.52. The average molecular weight is 491 g/mol. The zero-order valence-corrected chi connectivity index (χ0v) is 20.4. The van der Waals surface area contributed by atoms with Gasteiger partial charge in [0.1, 0.15) is 12.4 Å². The second-order valence-corrected chi connectivity index (χ2v) is 10.3. The van der Waals surface area contributed by atoms with E-state index < -0.39 is 0 Å². The van der Waals surface area contributed by atoms with Gasteiger partial charge in [0.2, 0.25) is 0 Å². The van der Waals surface area contributed by atoms with Crippen molar-refractivity contribution in [2.75, 3.05) is 6.61 Å².